The van der Waals surface area contributed by atoms with Crippen molar-refractivity contribution in [3.63, 3.8) is 0 Å². The van der Waals surface area contributed by atoms with Crippen molar-refractivity contribution in [1.82, 2.24) is 10.2 Å². The molecule has 2 aliphatic rings. The van der Waals surface area contributed by atoms with Gasteiger partial charge in [0, 0.05) is 19.1 Å². The highest BCUT2D eigenvalue weighted by Crippen LogP contribution is 2.31. The van der Waals surface area contributed by atoms with Gasteiger partial charge in [-0.25, -0.2) is 0 Å². The van der Waals surface area contributed by atoms with Gasteiger partial charge in [0.25, 0.3) is 0 Å². The average molecular weight is 272 g/mol. The molecule has 0 bridgehead atoms. The molecule has 1 aliphatic heterocycles. The fourth-order valence-electron chi connectivity index (χ4n) is 3.45. The van der Waals surface area contributed by atoms with Gasteiger partial charge in [-0.05, 0) is 62.2 Å². The lowest BCUT2D eigenvalue weighted by atomic mass is 9.96. The third kappa shape index (κ3) is 3.62. The van der Waals surface area contributed by atoms with Crippen LogP contribution in [0, 0.1) is 5.92 Å². The van der Waals surface area contributed by atoms with Crippen molar-refractivity contribution in [2.45, 2.75) is 51.6 Å². The molecule has 1 saturated heterocycles. The largest absolute Gasteiger partial charge is 0.317 e. The van der Waals surface area contributed by atoms with Gasteiger partial charge >= 0.3 is 0 Å². The van der Waals surface area contributed by atoms with E-state index in [2.05, 4.69) is 41.4 Å². The molecule has 1 aliphatic carbocycles. The molecule has 0 aromatic heterocycles. The van der Waals surface area contributed by atoms with Crippen LogP contribution in [0.3, 0.4) is 0 Å². The Morgan fingerprint density at radius 2 is 1.75 bits per heavy atom. The molecule has 3 rings (SSSR count). The van der Waals surface area contributed by atoms with Gasteiger partial charge in [-0.2, -0.15) is 0 Å². The normalized spacial score (nSPS) is 20.5. The number of nitrogens with zero attached hydrogens (tertiary/aromatic N) is 1. The fourth-order valence-corrected chi connectivity index (χ4v) is 3.45. The summed E-state index contributed by atoms with van der Waals surface area (Å²) in [6, 6.07) is 9.87. The Morgan fingerprint density at radius 1 is 1.05 bits per heavy atom. The average Bonchev–Trinajstić information content (AvgIpc) is 3.33. The number of hydrogen-bond acceptors (Lipinski definition) is 2. The summed E-state index contributed by atoms with van der Waals surface area (Å²) in [6.45, 7) is 7.18. The van der Waals surface area contributed by atoms with E-state index >= 15 is 0 Å². The number of benzene rings is 1. The van der Waals surface area contributed by atoms with E-state index in [0.29, 0.717) is 0 Å². The first-order valence-corrected chi connectivity index (χ1v) is 8.38. The number of nitrogens with one attached hydrogen (secondary N) is 1. The van der Waals surface area contributed by atoms with E-state index in [1.807, 2.05) is 0 Å². The predicted molar refractivity (Wildman–Crippen MR) is 84.8 cm³/mol. The van der Waals surface area contributed by atoms with E-state index in [-0.39, 0.29) is 0 Å². The van der Waals surface area contributed by atoms with Crippen molar-refractivity contribution in [2.24, 2.45) is 5.92 Å². The molecular formula is C18H28N2. The zero-order valence-corrected chi connectivity index (χ0v) is 12.8. The van der Waals surface area contributed by atoms with Crippen molar-refractivity contribution in [3.05, 3.63) is 35.4 Å². The second-order valence-electron chi connectivity index (χ2n) is 6.48. The summed E-state index contributed by atoms with van der Waals surface area (Å²) in [7, 11) is 0. The Labute approximate surface area is 123 Å². The maximum absolute atomic E-state index is 3.48. The van der Waals surface area contributed by atoms with Crippen molar-refractivity contribution in [3.8, 4) is 0 Å². The van der Waals surface area contributed by atoms with Crippen molar-refractivity contribution in [2.75, 3.05) is 19.6 Å². The topological polar surface area (TPSA) is 15.3 Å². The zero-order valence-electron chi connectivity index (χ0n) is 12.8. The Balaban J connectivity index is 1.64. The molecule has 1 N–H and O–H groups in total. The van der Waals surface area contributed by atoms with E-state index in [1.54, 1.807) is 5.56 Å². The van der Waals surface area contributed by atoms with Gasteiger partial charge in [0.15, 0.2) is 0 Å². The maximum atomic E-state index is 3.48. The number of rotatable bonds is 6. The molecule has 0 spiro atoms. The number of hydrogen-bond donors (Lipinski definition) is 1. The summed E-state index contributed by atoms with van der Waals surface area (Å²) in [4.78, 5) is 2.77. The SMILES string of the molecule is CCc1ccccc1CN(CC1CCNCC1)C1CC1. The predicted octanol–water partition coefficient (Wildman–Crippen LogP) is 3.21. The molecular weight excluding hydrogens is 244 g/mol. The van der Waals surface area contributed by atoms with Crippen molar-refractivity contribution < 1.29 is 0 Å². The van der Waals surface area contributed by atoms with E-state index in [0.717, 1.165) is 18.4 Å². The number of piperidine rings is 1. The highest BCUT2D eigenvalue weighted by molar-refractivity contribution is 5.27. The third-order valence-electron chi connectivity index (χ3n) is 4.89. The summed E-state index contributed by atoms with van der Waals surface area (Å²) >= 11 is 0. The van der Waals surface area contributed by atoms with E-state index in [1.165, 1.54) is 57.4 Å². The van der Waals surface area contributed by atoms with Crippen LogP contribution in [0.15, 0.2) is 24.3 Å². The minimum Gasteiger partial charge on any atom is -0.317 e. The second kappa shape index (κ2) is 6.73. The van der Waals surface area contributed by atoms with Gasteiger partial charge in [-0.3, -0.25) is 4.90 Å². The van der Waals surface area contributed by atoms with Crippen molar-refractivity contribution >= 4 is 0 Å². The van der Waals surface area contributed by atoms with Gasteiger partial charge < -0.3 is 5.32 Å². The Kier molecular flexibility index (Phi) is 4.74. The second-order valence-corrected chi connectivity index (χ2v) is 6.48. The lowest BCUT2D eigenvalue weighted by molar-refractivity contribution is 0.190. The first kappa shape index (κ1) is 14.1. The summed E-state index contributed by atoms with van der Waals surface area (Å²) in [5, 5.41) is 3.48. The highest BCUT2D eigenvalue weighted by atomic mass is 15.2. The summed E-state index contributed by atoms with van der Waals surface area (Å²) in [6.07, 6.45) is 6.71. The molecule has 0 amide bonds. The Bertz CT molecular complexity index is 419. The van der Waals surface area contributed by atoms with Gasteiger partial charge in [0.05, 0.1) is 0 Å². The molecule has 110 valence electrons. The van der Waals surface area contributed by atoms with Crippen LogP contribution in [0.4, 0.5) is 0 Å². The monoisotopic (exact) mass is 272 g/mol. The summed E-state index contributed by atoms with van der Waals surface area (Å²) in [5.74, 6) is 0.908. The van der Waals surface area contributed by atoms with Crippen LogP contribution < -0.4 is 5.32 Å². The molecule has 0 radical (unpaired) electrons. The molecule has 2 nitrogen and oxygen atoms in total. The van der Waals surface area contributed by atoms with Crippen LogP contribution in [0.5, 0.6) is 0 Å². The molecule has 2 heteroatoms. The summed E-state index contributed by atoms with van der Waals surface area (Å²) in [5.41, 5.74) is 3.08. The van der Waals surface area contributed by atoms with Crippen LogP contribution in [0.1, 0.15) is 43.7 Å². The van der Waals surface area contributed by atoms with Crippen LogP contribution in [-0.4, -0.2) is 30.6 Å². The molecule has 2 fully saturated rings. The van der Waals surface area contributed by atoms with Gasteiger partial charge in [-0.1, -0.05) is 31.2 Å². The smallest absolute Gasteiger partial charge is 0.0239 e. The molecule has 0 unspecified atom stereocenters. The quantitative estimate of drug-likeness (QED) is 0.855. The molecule has 1 aromatic rings. The summed E-state index contributed by atoms with van der Waals surface area (Å²) < 4.78 is 0. The van der Waals surface area contributed by atoms with Crippen LogP contribution in [0.25, 0.3) is 0 Å². The Hall–Kier alpha value is -0.860. The fraction of sp³-hybridized carbons (Fsp3) is 0.667. The zero-order chi connectivity index (χ0) is 13.8. The first-order valence-electron chi connectivity index (χ1n) is 8.38. The van der Waals surface area contributed by atoms with Crippen LogP contribution >= 0.6 is 0 Å². The van der Waals surface area contributed by atoms with E-state index in [4.69, 9.17) is 0 Å². The first-order chi connectivity index (χ1) is 9.86. The van der Waals surface area contributed by atoms with E-state index in [9.17, 15) is 0 Å². The minimum atomic E-state index is 0.870. The van der Waals surface area contributed by atoms with Gasteiger partial charge in [0.1, 0.15) is 0 Å². The molecule has 1 aromatic carbocycles. The molecule has 1 saturated carbocycles. The number of aryl methyl sites for hydroxylation is 1. The Morgan fingerprint density at radius 3 is 2.40 bits per heavy atom. The van der Waals surface area contributed by atoms with Gasteiger partial charge in [-0.15, -0.1) is 0 Å². The standard InChI is InChI=1S/C18H28N2/c1-2-16-5-3-4-6-17(16)14-20(18-7-8-18)13-15-9-11-19-12-10-15/h3-6,15,18-19H,2,7-14H2,1H3. The maximum Gasteiger partial charge on any atom is 0.0239 e. The highest BCUT2D eigenvalue weighted by Gasteiger charge is 2.31. The van der Waals surface area contributed by atoms with Crippen LogP contribution in [0.2, 0.25) is 0 Å². The lowest BCUT2D eigenvalue weighted by Gasteiger charge is -2.30. The van der Waals surface area contributed by atoms with Gasteiger partial charge in [0.2, 0.25) is 0 Å². The van der Waals surface area contributed by atoms with E-state index < -0.39 is 0 Å². The molecule has 0 atom stereocenters. The molecule has 20 heavy (non-hydrogen) atoms. The lowest BCUT2D eigenvalue weighted by Crippen LogP contribution is -2.37. The minimum absolute atomic E-state index is 0.870. The van der Waals surface area contributed by atoms with Crippen molar-refractivity contribution in [1.29, 1.82) is 0 Å². The third-order valence-corrected chi connectivity index (χ3v) is 4.89. The molecule has 1 heterocycles. The van der Waals surface area contributed by atoms with Crippen LogP contribution in [-0.2, 0) is 13.0 Å².